The number of hydrogen-bond donors (Lipinski definition) is 0. The van der Waals surface area contributed by atoms with Gasteiger partial charge in [-0.3, -0.25) is 0 Å². The van der Waals surface area contributed by atoms with Crippen molar-refractivity contribution < 1.29 is 9.47 Å². The summed E-state index contributed by atoms with van der Waals surface area (Å²) in [5, 5.41) is 2.53. The summed E-state index contributed by atoms with van der Waals surface area (Å²) in [4.78, 5) is 0. The van der Waals surface area contributed by atoms with Crippen molar-refractivity contribution in [3.8, 4) is 0 Å². The van der Waals surface area contributed by atoms with Crippen molar-refractivity contribution in [1.82, 2.24) is 0 Å². The molecular weight excluding hydrogens is 292 g/mol. The monoisotopic (exact) mass is 308 g/mol. The molecule has 2 nitrogen and oxygen atoms in total. The van der Waals surface area contributed by atoms with Crippen molar-refractivity contribution in [2.75, 3.05) is 26.9 Å². The van der Waals surface area contributed by atoms with Gasteiger partial charge in [0.25, 0.3) is 0 Å². The van der Waals surface area contributed by atoms with Gasteiger partial charge < -0.3 is 9.47 Å². The number of hydrogen-bond acceptors (Lipinski definition) is 2. The minimum atomic E-state index is 0.658. The predicted octanol–water partition coefficient (Wildman–Crippen LogP) is 3.81. The minimum absolute atomic E-state index is 0.658. The van der Waals surface area contributed by atoms with E-state index in [0.717, 1.165) is 17.5 Å². The molecule has 2 rings (SSSR count). The molecule has 0 atom stereocenters. The largest absolute Gasteiger partial charge is 0.382 e. The number of rotatable bonds is 6. The fourth-order valence-electron chi connectivity index (χ4n) is 1.86. The van der Waals surface area contributed by atoms with Crippen LogP contribution in [0.25, 0.3) is 10.8 Å². The third-order valence-corrected chi connectivity index (χ3v) is 3.33. The van der Waals surface area contributed by atoms with Gasteiger partial charge in [-0.2, -0.15) is 0 Å². The Morgan fingerprint density at radius 1 is 0.944 bits per heavy atom. The summed E-state index contributed by atoms with van der Waals surface area (Å²) in [6.45, 7) is 2.06. The van der Waals surface area contributed by atoms with Crippen molar-refractivity contribution in [3.63, 3.8) is 0 Å². The molecule has 0 bridgehead atoms. The highest BCUT2D eigenvalue weighted by molar-refractivity contribution is 9.10. The normalized spacial score (nSPS) is 11.0. The van der Waals surface area contributed by atoms with Crippen molar-refractivity contribution in [2.24, 2.45) is 0 Å². The summed E-state index contributed by atoms with van der Waals surface area (Å²) >= 11 is 3.49. The van der Waals surface area contributed by atoms with E-state index in [1.54, 1.807) is 7.11 Å². The standard InChI is InChI=1S/C15H17BrO2/c1-17-8-9-18-7-6-12-2-3-14-11-15(16)5-4-13(14)10-12/h2-5,10-11H,6-9H2,1H3. The van der Waals surface area contributed by atoms with Gasteiger partial charge in [-0.1, -0.05) is 40.2 Å². The number of benzene rings is 2. The first-order valence-corrected chi connectivity index (χ1v) is 6.84. The molecule has 0 N–H and O–H groups in total. The maximum Gasteiger partial charge on any atom is 0.0700 e. The van der Waals surface area contributed by atoms with Crippen LogP contribution in [0.1, 0.15) is 5.56 Å². The molecule has 3 heteroatoms. The zero-order valence-electron chi connectivity index (χ0n) is 10.5. The van der Waals surface area contributed by atoms with E-state index in [1.807, 2.05) is 0 Å². The van der Waals surface area contributed by atoms with Crippen LogP contribution in [0.15, 0.2) is 40.9 Å². The molecule has 0 fully saturated rings. The molecule has 0 aliphatic heterocycles. The Kier molecular flexibility index (Phi) is 5.17. The average Bonchev–Trinajstić information content (AvgIpc) is 2.38. The lowest BCUT2D eigenvalue weighted by Gasteiger charge is -2.05. The quantitative estimate of drug-likeness (QED) is 0.756. The van der Waals surface area contributed by atoms with E-state index in [4.69, 9.17) is 9.47 Å². The van der Waals surface area contributed by atoms with E-state index >= 15 is 0 Å². The van der Waals surface area contributed by atoms with Crippen molar-refractivity contribution >= 4 is 26.7 Å². The van der Waals surface area contributed by atoms with Crippen LogP contribution in [-0.2, 0) is 15.9 Å². The van der Waals surface area contributed by atoms with E-state index in [0.29, 0.717) is 13.2 Å². The van der Waals surface area contributed by atoms with Crippen LogP contribution in [0.4, 0.5) is 0 Å². The van der Waals surface area contributed by atoms with Crippen LogP contribution in [0.3, 0.4) is 0 Å². The molecule has 96 valence electrons. The highest BCUT2D eigenvalue weighted by atomic mass is 79.9. The third kappa shape index (κ3) is 3.80. The summed E-state index contributed by atoms with van der Waals surface area (Å²) in [6, 6.07) is 12.9. The molecule has 0 saturated carbocycles. The maximum atomic E-state index is 5.48. The second kappa shape index (κ2) is 6.88. The molecule has 18 heavy (non-hydrogen) atoms. The molecule has 0 aliphatic rings. The van der Waals surface area contributed by atoms with Gasteiger partial charge in [0, 0.05) is 11.6 Å². The first-order chi connectivity index (χ1) is 8.79. The molecule has 0 heterocycles. The molecule has 0 aromatic heterocycles. The number of halogens is 1. The Labute approximate surface area is 116 Å². The lowest BCUT2D eigenvalue weighted by atomic mass is 10.1. The summed E-state index contributed by atoms with van der Waals surface area (Å²) in [6.07, 6.45) is 0.940. The highest BCUT2D eigenvalue weighted by Gasteiger charge is 1.98. The molecule has 0 radical (unpaired) electrons. The van der Waals surface area contributed by atoms with Crippen molar-refractivity contribution in [2.45, 2.75) is 6.42 Å². The van der Waals surface area contributed by atoms with Gasteiger partial charge in [0.1, 0.15) is 0 Å². The van der Waals surface area contributed by atoms with Crippen LogP contribution in [0, 0.1) is 0 Å². The molecule has 2 aromatic rings. The van der Waals surface area contributed by atoms with Crippen LogP contribution in [0.2, 0.25) is 0 Å². The zero-order valence-corrected chi connectivity index (χ0v) is 12.1. The SMILES string of the molecule is COCCOCCc1ccc2cc(Br)ccc2c1. The molecule has 0 saturated heterocycles. The van der Waals surface area contributed by atoms with Crippen LogP contribution >= 0.6 is 15.9 Å². The molecule has 0 spiro atoms. The lowest BCUT2D eigenvalue weighted by molar-refractivity contribution is 0.0722. The van der Waals surface area contributed by atoms with E-state index in [9.17, 15) is 0 Å². The van der Waals surface area contributed by atoms with Gasteiger partial charge in [0.2, 0.25) is 0 Å². The lowest BCUT2D eigenvalue weighted by Crippen LogP contribution is -2.04. The molecule has 2 aromatic carbocycles. The van der Waals surface area contributed by atoms with E-state index in [-0.39, 0.29) is 0 Å². The summed E-state index contributed by atoms with van der Waals surface area (Å²) in [5.74, 6) is 0. The Hall–Kier alpha value is -0.900. The topological polar surface area (TPSA) is 18.5 Å². The highest BCUT2D eigenvalue weighted by Crippen LogP contribution is 2.21. The Morgan fingerprint density at radius 3 is 2.56 bits per heavy atom. The Morgan fingerprint density at radius 2 is 1.72 bits per heavy atom. The summed E-state index contributed by atoms with van der Waals surface area (Å²) in [7, 11) is 1.69. The van der Waals surface area contributed by atoms with Gasteiger partial charge in [-0.15, -0.1) is 0 Å². The van der Waals surface area contributed by atoms with Crippen LogP contribution in [0.5, 0.6) is 0 Å². The zero-order chi connectivity index (χ0) is 12.8. The predicted molar refractivity (Wildman–Crippen MR) is 78.0 cm³/mol. The summed E-state index contributed by atoms with van der Waals surface area (Å²) in [5.41, 5.74) is 1.31. The van der Waals surface area contributed by atoms with Crippen LogP contribution in [-0.4, -0.2) is 26.9 Å². The third-order valence-electron chi connectivity index (χ3n) is 2.83. The van der Waals surface area contributed by atoms with Gasteiger partial charge in [0.15, 0.2) is 0 Å². The maximum absolute atomic E-state index is 5.48. The molecule has 0 amide bonds. The number of ether oxygens (including phenoxy) is 2. The van der Waals surface area contributed by atoms with Crippen molar-refractivity contribution in [1.29, 1.82) is 0 Å². The smallest absolute Gasteiger partial charge is 0.0700 e. The van der Waals surface area contributed by atoms with Crippen LogP contribution < -0.4 is 0 Å². The minimum Gasteiger partial charge on any atom is -0.382 e. The van der Waals surface area contributed by atoms with Crippen molar-refractivity contribution in [3.05, 3.63) is 46.4 Å². The summed E-state index contributed by atoms with van der Waals surface area (Å²) < 4.78 is 11.5. The fourth-order valence-corrected chi connectivity index (χ4v) is 2.23. The second-order valence-electron chi connectivity index (χ2n) is 4.18. The van der Waals surface area contributed by atoms with Gasteiger partial charge in [0.05, 0.1) is 19.8 Å². The first-order valence-electron chi connectivity index (χ1n) is 6.04. The van der Waals surface area contributed by atoms with E-state index < -0.39 is 0 Å². The fraction of sp³-hybridized carbons (Fsp3) is 0.333. The van der Waals surface area contributed by atoms with E-state index in [1.165, 1.54) is 16.3 Å². The molecule has 0 unspecified atom stereocenters. The van der Waals surface area contributed by atoms with Gasteiger partial charge in [-0.25, -0.2) is 0 Å². The second-order valence-corrected chi connectivity index (χ2v) is 5.10. The first kappa shape index (κ1) is 13.5. The van der Waals surface area contributed by atoms with Gasteiger partial charge >= 0.3 is 0 Å². The van der Waals surface area contributed by atoms with Gasteiger partial charge in [-0.05, 0) is 34.9 Å². The Bertz CT molecular complexity index is 511. The number of fused-ring (bicyclic) bond motifs is 1. The Balaban J connectivity index is 1.95. The molecular formula is C15H17BrO2. The van der Waals surface area contributed by atoms with E-state index in [2.05, 4.69) is 52.3 Å². The number of methoxy groups -OCH3 is 1. The molecule has 0 aliphatic carbocycles. The average molecular weight is 309 g/mol.